The predicted molar refractivity (Wildman–Crippen MR) is 93.0 cm³/mol. The first-order valence-electron chi connectivity index (χ1n) is 8.76. The average Bonchev–Trinajstić information content (AvgIpc) is 3.23. The highest BCUT2D eigenvalue weighted by Gasteiger charge is 2.29. The van der Waals surface area contributed by atoms with Gasteiger partial charge in [0.05, 0.1) is 32.4 Å². The smallest absolute Gasteiger partial charge is 0.306 e. The van der Waals surface area contributed by atoms with E-state index in [0.717, 1.165) is 35.6 Å². The molecule has 0 saturated carbocycles. The van der Waals surface area contributed by atoms with Crippen molar-refractivity contribution in [1.82, 2.24) is 9.78 Å². The van der Waals surface area contributed by atoms with E-state index >= 15 is 0 Å². The van der Waals surface area contributed by atoms with Gasteiger partial charge < -0.3 is 14.2 Å². The van der Waals surface area contributed by atoms with Crippen LogP contribution < -0.4 is 9.47 Å². The number of rotatable bonds is 8. The molecule has 6 nitrogen and oxygen atoms in total. The monoisotopic (exact) mass is 344 g/mol. The highest BCUT2D eigenvalue weighted by Crippen LogP contribution is 2.42. The normalized spacial score (nSPS) is 15.5. The summed E-state index contributed by atoms with van der Waals surface area (Å²) >= 11 is 0. The van der Waals surface area contributed by atoms with Gasteiger partial charge >= 0.3 is 5.97 Å². The maximum atomic E-state index is 11.7. The summed E-state index contributed by atoms with van der Waals surface area (Å²) in [6.07, 6.45) is 5.02. The molecule has 0 saturated heterocycles. The molecule has 2 heterocycles. The van der Waals surface area contributed by atoms with Crippen LogP contribution in [0, 0.1) is 0 Å². The molecule has 0 fully saturated rings. The Morgan fingerprint density at radius 1 is 1.40 bits per heavy atom. The number of ether oxygens (including phenoxy) is 3. The second-order valence-electron chi connectivity index (χ2n) is 5.99. The van der Waals surface area contributed by atoms with Crippen LogP contribution in [0.2, 0.25) is 0 Å². The van der Waals surface area contributed by atoms with Crippen LogP contribution >= 0.6 is 0 Å². The van der Waals surface area contributed by atoms with Gasteiger partial charge in [-0.2, -0.15) is 5.10 Å². The third-order valence-corrected chi connectivity index (χ3v) is 4.26. The van der Waals surface area contributed by atoms with Crippen molar-refractivity contribution < 1.29 is 19.0 Å². The summed E-state index contributed by atoms with van der Waals surface area (Å²) in [6, 6.07) is 5.83. The molecule has 3 rings (SSSR count). The second-order valence-corrected chi connectivity index (χ2v) is 5.99. The number of benzene rings is 1. The van der Waals surface area contributed by atoms with Crippen molar-refractivity contribution in [2.45, 2.75) is 39.2 Å². The molecule has 0 bridgehead atoms. The average molecular weight is 344 g/mol. The van der Waals surface area contributed by atoms with E-state index < -0.39 is 0 Å². The van der Waals surface area contributed by atoms with Gasteiger partial charge in [0.1, 0.15) is 0 Å². The highest BCUT2D eigenvalue weighted by molar-refractivity contribution is 5.71. The first-order valence-corrected chi connectivity index (χ1v) is 8.76. The molecule has 2 aromatic rings. The molecule has 134 valence electrons. The summed E-state index contributed by atoms with van der Waals surface area (Å²) in [5, 5.41) is 4.26. The highest BCUT2D eigenvalue weighted by atomic mass is 16.5. The Balaban J connectivity index is 1.60. The molecule has 1 aromatic heterocycles. The molecule has 1 aliphatic heterocycles. The van der Waals surface area contributed by atoms with Gasteiger partial charge in [0.2, 0.25) is 0 Å². The molecule has 25 heavy (non-hydrogen) atoms. The van der Waals surface area contributed by atoms with Crippen molar-refractivity contribution >= 4 is 5.97 Å². The molecule has 0 radical (unpaired) electrons. The maximum absolute atomic E-state index is 11.7. The van der Waals surface area contributed by atoms with E-state index in [1.165, 1.54) is 0 Å². The van der Waals surface area contributed by atoms with E-state index in [-0.39, 0.29) is 11.9 Å². The molecule has 1 aliphatic rings. The van der Waals surface area contributed by atoms with Crippen LogP contribution in [0.15, 0.2) is 30.6 Å². The van der Waals surface area contributed by atoms with Crippen molar-refractivity contribution in [3.8, 4) is 11.5 Å². The molecule has 0 N–H and O–H groups in total. The van der Waals surface area contributed by atoms with Crippen molar-refractivity contribution in [2.24, 2.45) is 0 Å². The molecular formula is C19H24N2O4. The van der Waals surface area contributed by atoms with Crippen molar-refractivity contribution in [3.05, 3.63) is 41.7 Å². The number of aromatic nitrogens is 2. The molecule has 0 spiro atoms. The lowest BCUT2D eigenvalue weighted by molar-refractivity contribution is -0.143. The number of hydrogen-bond donors (Lipinski definition) is 0. The SMILES string of the molecule is CCOC(=O)CC1COc2c(OCCc3cnn(CC)c3)cccc21. The topological polar surface area (TPSA) is 62.6 Å². The summed E-state index contributed by atoms with van der Waals surface area (Å²) in [5.74, 6) is 1.32. The first kappa shape index (κ1) is 17.3. The van der Waals surface area contributed by atoms with Gasteiger partial charge in [-0.25, -0.2) is 0 Å². The molecule has 1 aromatic carbocycles. The number of fused-ring (bicyclic) bond motifs is 1. The van der Waals surface area contributed by atoms with Crippen LogP contribution in [0.1, 0.15) is 37.3 Å². The molecule has 1 unspecified atom stereocenters. The summed E-state index contributed by atoms with van der Waals surface area (Å²) in [6.45, 7) is 6.17. The Bertz CT molecular complexity index is 726. The fourth-order valence-electron chi connectivity index (χ4n) is 2.97. The number of esters is 1. The maximum Gasteiger partial charge on any atom is 0.306 e. The van der Waals surface area contributed by atoms with Crippen LogP contribution in [0.3, 0.4) is 0 Å². The van der Waals surface area contributed by atoms with Gasteiger partial charge in [-0.15, -0.1) is 0 Å². The fourth-order valence-corrected chi connectivity index (χ4v) is 2.97. The van der Waals surface area contributed by atoms with E-state index in [1.807, 2.05) is 42.2 Å². The van der Waals surface area contributed by atoms with Crippen LogP contribution in [0.5, 0.6) is 11.5 Å². The second kappa shape index (κ2) is 8.05. The Labute approximate surface area is 147 Å². The van der Waals surface area contributed by atoms with E-state index in [0.29, 0.717) is 26.2 Å². The van der Waals surface area contributed by atoms with Crippen LogP contribution in [-0.2, 0) is 22.5 Å². The third-order valence-electron chi connectivity index (χ3n) is 4.26. The quantitative estimate of drug-likeness (QED) is 0.689. The van der Waals surface area contributed by atoms with E-state index in [4.69, 9.17) is 14.2 Å². The Morgan fingerprint density at radius 2 is 2.28 bits per heavy atom. The number of carbonyl (C=O) groups excluding carboxylic acids is 1. The minimum absolute atomic E-state index is 0.0281. The fraction of sp³-hybridized carbons (Fsp3) is 0.474. The van der Waals surface area contributed by atoms with E-state index in [2.05, 4.69) is 12.0 Å². The largest absolute Gasteiger partial charge is 0.489 e. The summed E-state index contributed by atoms with van der Waals surface area (Å²) < 4.78 is 18.7. The van der Waals surface area contributed by atoms with Crippen molar-refractivity contribution in [2.75, 3.05) is 19.8 Å². The number of aryl methyl sites for hydroxylation is 1. The van der Waals surface area contributed by atoms with Gasteiger partial charge in [-0.3, -0.25) is 9.48 Å². The lowest BCUT2D eigenvalue weighted by Crippen LogP contribution is -2.11. The molecule has 6 heteroatoms. The Kier molecular flexibility index (Phi) is 5.58. The van der Waals surface area contributed by atoms with Crippen LogP contribution in [0.25, 0.3) is 0 Å². The zero-order valence-electron chi connectivity index (χ0n) is 14.7. The van der Waals surface area contributed by atoms with E-state index in [9.17, 15) is 4.79 Å². The standard InChI is InChI=1S/C19H24N2O4/c1-3-21-12-14(11-20-21)8-9-24-17-7-5-6-16-15(13-25-19(16)17)10-18(22)23-4-2/h5-7,11-12,15H,3-4,8-10,13H2,1-2H3. The summed E-state index contributed by atoms with van der Waals surface area (Å²) in [5.41, 5.74) is 2.17. The van der Waals surface area contributed by atoms with Crippen LogP contribution in [-0.4, -0.2) is 35.6 Å². The lowest BCUT2D eigenvalue weighted by atomic mass is 9.98. The van der Waals surface area contributed by atoms with Gasteiger partial charge in [0.15, 0.2) is 11.5 Å². The van der Waals surface area contributed by atoms with Gasteiger partial charge in [0.25, 0.3) is 0 Å². The molecule has 1 atom stereocenters. The van der Waals surface area contributed by atoms with Gasteiger partial charge in [0, 0.05) is 30.6 Å². The molecular weight excluding hydrogens is 320 g/mol. The molecule has 0 aliphatic carbocycles. The summed E-state index contributed by atoms with van der Waals surface area (Å²) in [7, 11) is 0. The molecule has 0 amide bonds. The third kappa shape index (κ3) is 4.13. The van der Waals surface area contributed by atoms with Crippen LogP contribution in [0.4, 0.5) is 0 Å². The van der Waals surface area contributed by atoms with Gasteiger partial charge in [-0.05, 0) is 25.5 Å². The van der Waals surface area contributed by atoms with Crippen molar-refractivity contribution in [1.29, 1.82) is 0 Å². The Hall–Kier alpha value is -2.50. The van der Waals surface area contributed by atoms with E-state index in [1.54, 1.807) is 0 Å². The summed E-state index contributed by atoms with van der Waals surface area (Å²) in [4.78, 5) is 11.7. The zero-order chi connectivity index (χ0) is 17.6. The first-order chi connectivity index (χ1) is 12.2. The number of carbonyl (C=O) groups is 1. The minimum atomic E-state index is -0.191. The number of hydrogen-bond acceptors (Lipinski definition) is 5. The van der Waals surface area contributed by atoms with Crippen molar-refractivity contribution in [3.63, 3.8) is 0 Å². The predicted octanol–water partition coefficient (Wildman–Crippen LogP) is 2.95. The number of nitrogens with zero attached hydrogens (tertiary/aromatic N) is 2. The van der Waals surface area contributed by atoms with Gasteiger partial charge in [-0.1, -0.05) is 12.1 Å². The minimum Gasteiger partial charge on any atom is -0.489 e. The number of para-hydroxylation sites is 1. The zero-order valence-corrected chi connectivity index (χ0v) is 14.7. The lowest BCUT2D eigenvalue weighted by Gasteiger charge is -2.10. The Morgan fingerprint density at radius 3 is 3.04 bits per heavy atom.